The number of aromatic nitrogens is 2. The third-order valence-corrected chi connectivity index (χ3v) is 2.64. The Morgan fingerprint density at radius 1 is 1.59 bits per heavy atom. The Morgan fingerprint density at radius 2 is 2.29 bits per heavy atom. The van der Waals surface area contributed by atoms with Crippen LogP contribution in [-0.4, -0.2) is 48.0 Å². The van der Waals surface area contributed by atoms with Crippen molar-refractivity contribution in [1.29, 1.82) is 0 Å². The highest BCUT2D eigenvalue weighted by Gasteiger charge is 2.10. The predicted octanol–water partition coefficient (Wildman–Crippen LogP) is 0.617. The molecule has 0 aliphatic carbocycles. The van der Waals surface area contributed by atoms with Gasteiger partial charge in [-0.05, 0) is 27.0 Å². The van der Waals surface area contributed by atoms with Crippen molar-refractivity contribution in [1.82, 2.24) is 14.7 Å². The number of hydrogen-bond acceptors (Lipinski definition) is 4. The van der Waals surface area contributed by atoms with Crippen molar-refractivity contribution in [2.45, 2.75) is 33.0 Å². The largest absolute Gasteiger partial charge is 0.383 e. The summed E-state index contributed by atoms with van der Waals surface area (Å²) in [4.78, 5) is 2.20. The summed E-state index contributed by atoms with van der Waals surface area (Å²) >= 11 is 0. The van der Waals surface area contributed by atoms with E-state index >= 15 is 0 Å². The van der Waals surface area contributed by atoms with Crippen LogP contribution in [0.1, 0.15) is 18.3 Å². The van der Waals surface area contributed by atoms with Gasteiger partial charge >= 0.3 is 0 Å². The van der Waals surface area contributed by atoms with Gasteiger partial charge in [0.1, 0.15) is 0 Å². The summed E-state index contributed by atoms with van der Waals surface area (Å²) in [6, 6.07) is 2.19. The standard InChI is InChI=1S/C12H24N4O/c1-5-16-12(6-10(2)14-16)8-15(3)7-11(13)9-17-4/h6,11H,5,7-9,13H2,1-4H3. The van der Waals surface area contributed by atoms with Crippen molar-refractivity contribution >= 4 is 0 Å². The molecule has 1 unspecified atom stereocenters. The zero-order chi connectivity index (χ0) is 12.8. The second kappa shape index (κ2) is 6.74. The summed E-state index contributed by atoms with van der Waals surface area (Å²) in [5, 5.41) is 4.43. The molecule has 0 bridgehead atoms. The number of hydrogen-bond donors (Lipinski definition) is 1. The lowest BCUT2D eigenvalue weighted by atomic mass is 10.3. The van der Waals surface area contributed by atoms with Crippen LogP contribution in [-0.2, 0) is 17.8 Å². The lowest BCUT2D eigenvalue weighted by Gasteiger charge is -2.20. The minimum absolute atomic E-state index is 0.0593. The molecule has 0 amide bonds. The second-order valence-corrected chi connectivity index (χ2v) is 4.50. The molecule has 0 spiro atoms. The molecule has 17 heavy (non-hydrogen) atoms. The Labute approximate surface area is 104 Å². The Hall–Kier alpha value is -0.910. The highest BCUT2D eigenvalue weighted by atomic mass is 16.5. The summed E-state index contributed by atoms with van der Waals surface area (Å²) in [6.07, 6.45) is 0. The first kappa shape index (κ1) is 14.2. The van der Waals surface area contributed by atoms with Gasteiger partial charge in [0.2, 0.25) is 0 Å². The highest BCUT2D eigenvalue weighted by Crippen LogP contribution is 2.06. The topological polar surface area (TPSA) is 56.3 Å². The fraction of sp³-hybridized carbons (Fsp3) is 0.750. The number of nitrogens with zero attached hydrogens (tertiary/aromatic N) is 3. The van der Waals surface area contributed by atoms with Gasteiger partial charge < -0.3 is 10.5 Å². The van der Waals surface area contributed by atoms with Crippen LogP contribution in [0.3, 0.4) is 0 Å². The van der Waals surface area contributed by atoms with E-state index in [0.717, 1.165) is 25.3 Å². The monoisotopic (exact) mass is 240 g/mol. The van der Waals surface area contributed by atoms with E-state index < -0.39 is 0 Å². The van der Waals surface area contributed by atoms with Crippen LogP contribution in [0.5, 0.6) is 0 Å². The quantitative estimate of drug-likeness (QED) is 0.759. The molecular formula is C12H24N4O. The van der Waals surface area contributed by atoms with Crippen molar-refractivity contribution in [2.75, 3.05) is 27.3 Å². The van der Waals surface area contributed by atoms with E-state index in [2.05, 4.69) is 30.0 Å². The first-order valence-electron chi connectivity index (χ1n) is 6.03. The highest BCUT2D eigenvalue weighted by molar-refractivity contribution is 5.08. The van der Waals surface area contributed by atoms with Gasteiger partial charge in [0.25, 0.3) is 0 Å². The SMILES string of the molecule is CCn1nc(C)cc1CN(C)CC(N)COC. The molecule has 5 nitrogen and oxygen atoms in total. The number of aryl methyl sites for hydroxylation is 2. The number of ether oxygens (including phenoxy) is 1. The molecule has 98 valence electrons. The van der Waals surface area contributed by atoms with Gasteiger partial charge in [-0.15, -0.1) is 0 Å². The lowest BCUT2D eigenvalue weighted by molar-refractivity contribution is 0.159. The minimum atomic E-state index is 0.0593. The zero-order valence-electron chi connectivity index (χ0n) is 11.3. The number of rotatable bonds is 7. The lowest BCUT2D eigenvalue weighted by Crippen LogP contribution is -2.38. The first-order chi connectivity index (χ1) is 8.06. The molecule has 1 rings (SSSR count). The minimum Gasteiger partial charge on any atom is -0.383 e. The van der Waals surface area contributed by atoms with Gasteiger partial charge in [0.15, 0.2) is 0 Å². The van der Waals surface area contributed by atoms with E-state index in [1.807, 2.05) is 11.6 Å². The van der Waals surface area contributed by atoms with Crippen molar-refractivity contribution in [3.8, 4) is 0 Å². The Bertz CT molecular complexity index is 337. The van der Waals surface area contributed by atoms with Crippen LogP contribution < -0.4 is 5.73 Å². The summed E-state index contributed by atoms with van der Waals surface area (Å²) in [6.45, 7) is 7.31. The molecule has 0 aromatic carbocycles. The second-order valence-electron chi connectivity index (χ2n) is 4.50. The maximum Gasteiger partial charge on any atom is 0.0626 e. The number of methoxy groups -OCH3 is 1. The number of likely N-dealkylation sites (N-methyl/N-ethyl adjacent to an activating group) is 1. The maximum atomic E-state index is 5.93. The van der Waals surface area contributed by atoms with Gasteiger partial charge in [-0.25, -0.2) is 0 Å². The molecule has 1 aromatic rings. The van der Waals surface area contributed by atoms with Crippen LogP contribution in [0.15, 0.2) is 6.07 Å². The molecule has 0 aliphatic heterocycles. The van der Waals surface area contributed by atoms with E-state index in [-0.39, 0.29) is 6.04 Å². The smallest absolute Gasteiger partial charge is 0.0626 e. The zero-order valence-corrected chi connectivity index (χ0v) is 11.3. The Balaban J connectivity index is 2.52. The molecule has 0 aliphatic rings. The van der Waals surface area contributed by atoms with Crippen molar-refractivity contribution < 1.29 is 4.74 Å². The molecule has 1 aromatic heterocycles. The predicted molar refractivity (Wildman–Crippen MR) is 68.8 cm³/mol. The van der Waals surface area contributed by atoms with Gasteiger partial charge in [-0.2, -0.15) is 5.10 Å². The Kier molecular flexibility index (Phi) is 5.61. The van der Waals surface area contributed by atoms with Gasteiger partial charge in [-0.3, -0.25) is 9.58 Å². The molecule has 1 heterocycles. The van der Waals surface area contributed by atoms with Gasteiger partial charge in [0.05, 0.1) is 18.0 Å². The van der Waals surface area contributed by atoms with Crippen LogP contribution in [0.25, 0.3) is 0 Å². The molecular weight excluding hydrogens is 216 g/mol. The molecule has 2 N–H and O–H groups in total. The fourth-order valence-electron chi connectivity index (χ4n) is 2.01. The van der Waals surface area contributed by atoms with Gasteiger partial charge in [0, 0.05) is 32.8 Å². The molecule has 0 saturated carbocycles. The van der Waals surface area contributed by atoms with E-state index in [1.165, 1.54) is 5.69 Å². The third-order valence-electron chi connectivity index (χ3n) is 2.64. The van der Waals surface area contributed by atoms with Crippen LogP contribution in [0.2, 0.25) is 0 Å². The summed E-state index contributed by atoms with van der Waals surface area (Å²) in [5.74, 6) is 0. The van der Waals surface area contributed by atoms with E-state index in [4.69, 9.17) is 10.5 Å². The van der Waals surface area contributed by atoms with E-state index in [1.54, 1.807) is 7.11 Å². The van der Waals surface area contributed by atoms with Crippen LogP contribution in [0.4, 0.5) is 0 Å². The van der Waals surface area contributed by atoms with Crippen LogP contribution >= 0.6 is 0 Å². The molecule has 0 fully saturated rings. The summed E-state index contributed by atoms with van der Waals surface area (Å²) < 4.78 is 7.07. The van der Waals surface area contributed by atoms with E-state index in [9.17, 15) is 0 Å². The van der Waals surface area contributed by atoms with Crippen LogP contribution in [0, 0.1) is 6.92 Å². The molecule has 0 saturated heterocycles. The fourth-order valence-corrected chi connectivity index (χ4v) is 2.01. The molecule has 0 radical (unpaired) electrons. The summed E-state index contributed by atoms with van der Waals surface area (Å²) in [5.41, 5.74) is 8.23. The van der Waals surface area contributed by atoms with Gasteiger partial charge in [-0.1, -0.05) is 0 Å². The average Bonchev–Trinajstić information content (AvgIpc) is 2.58. The normalized spacial score (nSPS) is 13.3. The third kappa shape index (κ3) is 4.46. The molecule has 1 atom stereocenters. The van der Waals surface area contributed by atoms with Crippen molar-refractivity contribution in [2.24, 2.45) is 5.73 Å². The van der Waals surface area contributed by atoms with Crippen molar-refractivity contribution in [3.05, 3.63) is 17.5 Å². The summed E-state index contributed by atoms with van der Waals surface area (Å²) in [7, 11) is 3.74. The Morgan fingerprint density at radius 3 is 2.88 bits per heavy atom. The van der Waals surface area contributed by atoms with E-state index in [0.29, 0.717) is 6.61 Å². The molecule has 5 heteroatoms. The first-order valence-corrected chi connectivity index (χ1v) is 6.03. The maximum absolute atomic E-state index is 5.93. The number of nitrogens with two attached hydrogens (primary N) is 1. The van der Waals surface area contributed by atoms with Crippen molar-refractivity contribution in [3.63, 3.8) is 0 Å². The average molecular weight is 240 g/mol.